The van der Waals surface area contributed by atoms with E-state index in [0.29, 0.717) is 0 Å². The summed E-state index contributed by atoms with van der Waals surface area (Å²) in [4.78, 5) is 5.44. The number of benzene rings is 7. The Balaban J connectivity index is 1.17. The zero-order valence-electron chi connectivity index (χ0n) is 38.9. The monoisotopic (exact) mass is 858 g/mol. The van der Waals surface area contributed by atoms with E-state index in [9.17, 15) is 0 Å². The molecule has 4 nitrogen and oxygen atoms in total. The number of imidazole rings is 1. The van der Waals surface area contributed by atoms with E-state index in [1.165, 1.54) is 50.2 Å². The standard InChI is InChI=1S/C57H58N2O2Si2/c1-33(2)45-28-38(37-24-35(5)54(36(6)25-37)39-26-40(62(7,8)9)30-41(27-39)63(10,11)12)29-46(34(3)4)55(45)59-50-22-15-14-21-49(50)58-57(59)44-20-17-19-43-48-32-52-47(31-53(48)61-56(43)44)42-18-13-16-23-51(42)60-52/h13-34H,1-12H3. The number of aromatic nitrogens is 2. The minimum atomic E-state index is -1.54. The summed E-state index contributed by atoms with van der Waals surface area (Å²) < 4.78 is 15.7. The Morgan fingerprint density at radius 2 is 1.06 bits per heavy atom. The molecule has 0 fully saturated rings. The van der Waals surface area contributed by atoms with E-state index in [4.69, 9.17) is 13.8 Å². The summed E-state index contributed by atoms with van der Waals surface area (Å²) in [6, 6.07) is 44.8. The van der Waals surface area contributed by atoms with Gasteiger partial charge in [0, 0.05) is 21.5 Å². The smallest absolute Gasteiger partial charge is 0.149 e. The van der Waals surface area contributed by atoms with Crippen LogP contribution in [0.1, 0.15) is 61.8 Å². The number of para-hydroxylation sites is 4. The van der Waals surface area contributed by atoms with Crippen molar-refractivity contribution >= 4 is 81.4 Å². The fourth-order valence-corrected chi connectivity index (χ4v) is 12.3. The van der Waals surface area contributed by atoms with Gasteiger partial charge in [-0.1, -0.05) is 150 Å². The van der Waals surface area contributed by atoms with Crippen LogP contribution in [0.2, 0.25) is 39.3 Å². The molecule has 7 aromatic carbocycles. The third-order valence-electron chi connectivity index (χ3n) is 13.3. The summed E-state index contributed by atoms with van der Waals surface area (Å²) in [5.41, 5.74) is 18.1. The molecule has 0 spiro atoms. The summed E-state index contributed by atoms with van der Waals surface area (Å²) >= 11 is 0. The maximum atomic E-state index is 6.90. The summed E-state index contributed by atoms with van der Waals surface area (Å²) in [5.74, 6) is 1.36. The highest BCUT2D eigenvalue weighted by molar-refractivity contribution is 6.91. The van der Waals surface area contributed by atoms with Crippen LogP contribution in [0, 0.1) is 13.8 Å². The van der Waals surface area contributed by atoms with Gasteiger partial charge in [0.25, 0.3) is 0 Å². The average molecular weight is 859 g/mol. The highest BCUT2D eigenvalue weighted by Gasteiger charge is 2.27. The molecule has 10 rings (SSSR count). The van der Waals surface area contributed by atoms with Crippen molar-refractivity contribution in [2.24, 2.45) is 0 Å². The molecule has 0 radical (unpaired) electrons. The van der Waals surface area contributed by atoms with Gasteiger partial charge in [0.1, 0.15) is 28.2 Å². The lowest BCUT2D eigenvalue weighted by atomic mass is 9.86. The van der Waals surface area contributed by atoms with E-state index in [1.54, 1.807) is 10.4 Å². The third-order valence-corrected chi connectivity index (χ3v) is 17.3. The molecule has 6 heteroatoms. The number of aryl methyl sites for hydroxylation is 2. The molecule has 0 saturated carbocycles. The molecule has 3 heterocycles. The summed E-state index contributed by atoms with van der Waals surface area (Å²) in [7, 11) is -3.08. The van der Waals surface area contributed by atoms with Gasteiger partial charge in [0.05, 0.1) is 38.4 Å². The largest absolute Gasteiger partial charge is 0.456 e. The third kappa shape index (κ3) is 6.90. The zero-order valence-corrected chi connectivity index (χ0v) is 40.9. The predicted octanol–water partition coefficient (Wildman–Crippen LogP) is 15.8. The van der Waals surface area contributed by atoms with Crippen LogP contribution >= 0.6 is 0 Å². The van der Waals surface area contributed by atoms with Crippen LogP contribution in [0.4, 0.5) is 0 Å². The minimum absolute atomic E-state index is 0.240. The van der Waals surface area contributed by atoms with Crippen LogP contribution in [0.15, 0.2) is 130 Å². The minimum Gasteiger partial charge on any atom is -0.456 e. The Labute approximate surface area is 373 Å². The molecule has 0 N–H and O–H groups in total. The van der Waals surface area contributed by atoms with Crippen LogP contribution < -0.4 is 10.4 Å². The van der Waals surface area contributed by atoms with Gasteiger partial charge in [-0.2, -0.15) is 0 Å². The number of nitrogens with zero attached hydrogens (tertiary/aromatic N) is 2. The van der Waals surface area contributed by atoms with Gasteiger partial charge in [-0.3, -0.25) is 4.57 Å². The molecule has 0 aliphatic rings. The van der Waals surface area contributed by atoms with Gasteiger partial charge in [0.15, 0.2) is 0 Å². The van der Waals surface area contributed by atoms with Gasteiger partial charge >= 0.3 is 0 Å². The molecule has 3 aromatic heterocycles. The van der Waals surface area contributed by atoms with Crippen molar-refractivity contribution in [1.82, 2.24) is 9.55 Å². The second-order valence-electron chi connectivity index (χ2n) is 20.6. The first kappa shape index (κ1) is 41.1. The zero-order chi connectivity index (χ0) is 44.3. The van der Waals surface area contributed by atoms with Crippen LogP contribution in [0.5, 0.6) is 0 Å². The van der Waals surface area contributed by atoms with Gasteiger partial charge in [-0.25, -0.2) is 4.98 Å². The van der Waals surface area contributed by atoms with Crippen molar-refractivity contribution in [3.63, 3.8) is 0 Å². The van der Waals surface area contributed by atoms with Gasteiger partial charge in [-0.05, 0) is 119 Å². The SMILES string of the molecule is Cc1cc(-c2cc(C(C)C)c(-n3c(-c4cccc5c4oc4cc6c(cc45)oc4ccccc46)nc4ccccc43)c(C(C)C)c2)cc(C)c1-c1cc([Si](C)(C)C)cc([Si](C)(C)C)c1. The first-order chi connectivity index (χ1) is 30.0. The molecule has 0 atom stereocenters. The van der Waals surface area contributed by atoms with Crippen LogP contribution in [0.3, 0.4) is 0 Å². The fraction of sp³-hybridized carbons (Fsp3) is 0.246. The Morgan fingerprint density at radius 3 is 1.70 bits per heavy atom. The number of fused-ring (bicyclic) bond motifs is 7. The maximum Gasteiger partial charge on any atom is 0.149 e. The van der Waals surface area contributed by atoms with Gasteiger partial charge in [-0.15, -0.1) is 0 Å². The van der Waals surface area contributed by atoms with Crippen molar-refractivity contribution in [3.8, 4) is 39.3 Å². The summed E-state index contributed by atoms with van der Waals surface area (Å²) in [6.07, 6.45) is 0. The quantitative estimate of drug-likeness (QED) is 0.143. The van der Waals surface area contributed by atoms with E-state index in [0.717, 1.165) is 66.3 Å². The van der Waals surface area contributed by atoms with Crippen molar-refractivity contribution in [2.45, 2.75) is 92.7 Å². The molecule has 10 aromatic rings. The van der Waals surface area contributed by atoms with Crippen LogP contribution in [0.25, 0.3) is 94.2 Å². The fourth-order valence-electron chi connectivity index (χ4n) is 9.83. The Kier molecular flexibility index (Phi) is 9.66. The normalized spacial score (nSPS) is 12.7. The van der Waals surface area contributed by atoms with E-state index in [2.05, 4.69) is 195 Å². The van der Waals surface area contributed by atoms with E-state index < -0.39 is 16.1 Å². The molecular weight excluding hydrogens is 801 g/mol. The van der Waals surface area contributed by atoms with E-state index >= 15 is 0 Å². The second kappa shape index (κ2) is 14.8. The molecule has 0 aliphatic heterocycles. The Hall–Kier alpha value is -5.96. The predicted molar refractivity (Wildman–Crippen MR) is 276 cm³/mol. The number of hydrogen-bond donors (Lipinski definition) is 0. The first-order valence-corrected chi connectivity index (χ1v) is 29.7. The maximum absolute atomic E-state index is 6.90. The lowest BCUT2D eigenvalue weighted by Crippen LogP contribution is -2.45. The second-order valence-corrected chi connectivity index (χ2v) is 30.7. The van der Waals surface area contributed by atoms with Crippen LogP contribution in [-0.4, -0.2) is 25.7 Å². The van der Waals surface area contributed by atoms with Crippen molar-refractivity contribution in [1.29, 1.82) is 0 Å². The number of hydrogen-bond acceptors (Lipinski definition) is 3. The highest BCUT2D eigenvalue weighted by Crippen LogP contribution is 2.44. The Morgan fingerprint density at radius 1 is 0.508 bits per heavy atom. The molecule has 0 unspecified atom stereocenters. The Bertz CT molecular complexity index is 3370. The number of furan rings is 2. The molecular formula is C57H58N2O2Si2. The van der Waals surface area contributed by atoms with Gasteiger partial charge in [0.2, 0.25) is 0 Å². The molecule has 0 saturated heterocycles. The van der Waals surface area contributed by atoms with Crippen molar-refractivity contribution < 1.29 is 8.83 Å². The summed E-state index contributed by atoms with van der Waals surface area (Å²) in [5, 5.41) is 7.32. The lowest BCUT2D eigenvalue weighted by molar-refractivity contribution is 0.664. The number of rotatable bonds is 8. The molecule has 0 amide bonds. The van der Waals surface area contributed by atoms with Gasteiger partial charge < -0.3 is 8.83 Å². The van der Waals surface area contributed by atoms with Crippen LogP contribution in [-0.2, 0) is 0 Å². The lowest BCUT2D eigenvalue weighted by Gasteiger charge is -2.26. The molecule has 0 bridgehead atoms. The molecule has 316 valence electrons. The first-order valence-electron chi connectivity index (χ1n) is 22.7. The summed E-state index contributed by atoms with van der Waals surface area (Å²) in [6.45, 7) is 28.8. The van der Waals surface area contributed by atoms with Crippen molar-refractivity contribution in [2.75, 3.05) is 0 Å². The van der Waals surface area contributed by atoms with E-state index in [1.807, 2.05) is 12.1 Å². The van der Waals surface area contributed by atoms with Crippen molar-refractivity contribution in [3.05, 3.63) is 144 Å². The highest BCUT2D eigenvalue weighted by atomic mass is 28.3. The van der Waals surface area contributed by atoms with E-state index in [-0.39, 0.29) is 11.8 Å². The molecule has 0 aliphatic carbocycles. The average Bonchev–Trinajstić information content (AvgIpc) is 3.92. The topological polar surface area (TPSA) is 44.1 Å². The molecule has 63 heavy (non-hydrogen) atoms.